The number of amides is 1. The van der Waals surface area contributed by atoms with Crippen LogP contribution in [0.15, 0.2) is 18.3 Å². The molecule has 0 spiro atoms. The van der Waals surface area contributed by atoms with Crippen molar-refractivity contribution in [3.63, 3.8) is 0 Å². The maximum absolute atomic E-state index is 12.5. The second-order valence-electron chi connectivity index (χ2n) is 4.98. The second-order valence-corrected chi connectivity index (χ2v) is 4.98. The summed E-state index contributed by atoms with van der Waals surface area (Å²) in [5.74, 6) is 0.875. The molecule has 2 heterocycles. The maximum Gasteiger partial charge on any atom is 0.257 e. The molecule has 1 amide bonds. The van der Waals surface area contributed by atoms with Gasteiger partial charge in [-0.2, -0.15) is 0 Å². The van der Waals surface area contributed by atoms with Crippen molar-refractivity contribution in [2.45, 2.75) is 25.7 Å². The lowest BCUT2D eigenvalue weighted by Crippen LogP contribution is -2.33. The van der Waals surface area contributed by atoms with Crippen LogP contribution in [0.2, 0.25) is 0 Å². The quantitative estimate of drug-likeness (QED) is 0.803. The summed E-state index contributed by atoms with van der Waals surface area (Å²) >= 11 is 0. The first-order valence-electron chi connectivity index (χ1n) is 6.62. The van der Waals surface area contributed by atoms with Crippen LogP contribution < -0.4 is 4.90 Å². The van der Waals surface area contributed by atoms with Crippen molar-refractivity contribution in [1.29, 1.82) is 0 Å². The van der Waals surface area contributed by atoms with Crippen molar-refractivity contribution >= 4 is 11.7 Å². The molecule has 0 bridgehead atoms. The van der Waals surface area contributed by atoms with Gasteiger partial charge in [0, 0.05) is 33.4 Å². The molecule has 1 aromatic rings. The van der Waals surface area contributed by atoms with E-state index in [1.165, 1.54) is 12.8 Å². The van der Waals surface area contributed by atoms with Gasteiger partial charge in [-0.1, -0.05) is 12.8 Å². The molecule has 0 saturated carbocycles. The predicted molar refractivity (Wildman–Crippen MR) is 72.9 cm³/mol. The topological polar surface area (TPSA) is 36.4 Å². The average Bonchev–Trinajstić information content (AvgIpc) is 2.66. The summed E-state index contributed by atoms with van der Waals surface area (Å²) in [6.07, 6.45) is 6.43. The number of aromatic nitrogens is 1. The van der Waals surface area contributed by atoms with Gasteiger partial charge in [0.15, 0.2) is 0 Å². The standard InChI is InChI=1S/C14H21N3O/c1-16(2)13-12(8-7-9-15-13)14(18)17-10-5-3-4-6-11-17/h7-9H,3-6,10-11H2,1-2H3. The van der Waals surface area contributed by atoms with E-state index in [0.717, 1.165) is 31.7 Å². The monoisotopic (exact) mass is 247 g/mol. The molecule has 1 aliphatic heterocycles. The van der Waals surface area contributed by atoms with Crippen molar-refractivity contribution in [3.8, 4) is 0 Å². The molecule has 0 unspecified atom stereocenters. The molecule has 0 aromatic carbocycles. The number of carbonyl (C=O) groups excluding carboxylic acids is 1. The van der Waals surface area contributed by atoms with Crippen LogP contribution >= 0.6 is 0 Å². The molecule has 2 rings (SSSR count). The highest BCUT2D eigenvalue weighted by Gasteiger charge is 2.21. The number of rotatable bonds is 2. The van der Waals surface area contributed by atoms with E-state index < -0.39 is 0 Å². The van der Waals surface area contributed by atoms with Crippen LogP contribution in [0.25, 0.3) is 0 Å². The predicted octanol–water partition coefficient (Wildman–Crippen LogP) is 2.16. The Bertz CT molecular complexity index is 409. The summed E-state index contributed by atoms with van der Waals surface area (Å²) in [5.41, 5.74) is 0.712. The van der Waals surface area contributed by atoms with Gasteiger partial charge >= 0.3 is 0 Å². The van der Waals surface area contributed by atoms with E-state index >= 15 is 0 Å². The number of likely N-dealkylation sites (tertiary alicyclic amines) is 1. The van der Waals surface area contributed by atoms with Crippen LogP contribution in [0.4, 0.5) is 5.82 Å². The minimum Gasteiger partial charge on any atom is -0.362 e. The highest BCUT2D eigenvalue weighted by molar-refractivity contribution is 5.98. The fourth-order valence-electron chi connectivity index (χ4n) is 2.36. The van der Waals surface area contributed by atoms with Gasteiger partial charge in [-0.15, -0.1) is 0 Å². The third-order valence-electron chi connectivity index (χ3n) is 3.33. The van der Waals surface area contributed by atoms with E-state index in [2.05, 4.69) is 4.98 Å². The lowest BCUT2D eigenvalue weighted by molar-refractivity contribution is 0.0762. The summed E-state index contributed by atoms with van der Waals surface area (Å²) < 4.78 is 0. The molecule has 1 aromatic heterocycles. The maximum atomic E-state index is 12.5. The smallest absolute Gasteiger partial charge is 0.257 e. The van der Waals surface area contributed by atoms with Gasteiger partial charge in [0.25, 0.3) is 5.91 Å². The Labute approximate surface area is 109 Å². The normalized spacial score (nSPS) is 16.2. The van der Waals surface area contributed by atoms with Crippen LogP contribution in [-0.4, -0.2) is 43.0 Å². The Morgan fingerprint density at radius 3 is 2.50 bits per heavy atom. The van der Waals surface area contributed by atoms with Crippen LogP contribution in [0.1, 0.15) is 36.0 Å². The zero-order valence-electron chi connectivity index (χ0n) is 11.2. The molecule has 0 aliphatic carbocycles. The number of pyridine rings is 1. The highest BCUT2D eigenvalue weighted by Crippen LogP contribution is 2.19. The molecule has 0 radical (unpaired) electrons. The summed E-state index contributed by atoms with van der Waals surface area (Å²) in [6, 6.07) is 3.70. The zero-order chi connectivity index (χ0) is 13.0. The van der Waals surface area contributed by atoms with Crippen molar-refractivity contribution in [3.05, 3.63) is 23.9 Å². The Hall–Kier alpha value is -1.58. The lowest BCUT2D eigenvalue weighted by Gasteiger charge is -2.23. The van der Waals surface area contributed by atoms with Crippen LogP contribution in [0.3, 0.4) is 0 Å². The van der Waals surface area contributed by atoms with E-state index in [-0.39, 0.29) is 5.91 Å². The fourth-order valence-corrected chi connectivity index (χ4v) is 2.36. The Morgan fingerprint density at radius 2 is 1.89 bits per heavy atom. The molecule has 0 atom stereocenters. The summed E-state index contributed by atoms with van der Waals surface area (Å²) in [7, 11) is 3.84. The van der Waals surface area contributed by atoms with Gasteiger partial charge in [-0.3, -0.25) is 4.79 Å². The molecule has 4 nitrogen and oxygen atoms in total. The van der Waals surface area contributed by atoms with Crippen molar-refractivity contribution < 1.29 is 4.79 Å². The van der Waals surface area contributed by atoms with E-state index in [0.29, 0.717) is 5.56 Å². The minimum absolute atomic E-state index is 0.119. The first kappa shape index (κ1) is 12.9. The average molecular weight is 247 g/mol. The van der Waals surface area contributed by atoms with E-state index in [4.69, 9.17) is 0 Å². The van der Waals surface area contributed by atoms with Crippen LogP contribution in [0.5, 0.6) is 0 Å². The molecule has 0 N–H and O–H groups in total. The first-order chi connectivity index (χ1) is 8.70. The van der Waals surface area contributed by atoms with E-state index in [1.807, 2.05) is 36.0 Å². The number of carbonyl (C=O) groups is 1. The number of nitrogens with zero attached hydrogens (tertiary/aromatic N) is 3. The highest BCUT2D eigenvalue weighted by atomic mass is 16.2. The van der Waals surface area contributed by atoms with Gasteiger partial charge in [-0.05, 0) is 25.0 Å². The van der Waals surface area contributed by atoms with Crippen LogP contribution in [0, 0.1) is 0 Å². The van der Waals surface area contributed by atoms with Gasteiger partial charge < -0.3 is 9.80 Å². The van der Waals surface area contributed by atoms with Gasteiger partial charge in [0.1, 0.15) is 5.82 Å². The molecule has 1 aliphatic rings. The van der Waals surface area contributed by atoms with Gasteiger partial charge in [0.05, 0.1) is 5.56 Å². The lowest BCUT2D eigenvalue weighted by atomic mass is 10.2. The van der Waals surface area contributed by atoms with E-state index in [1.54, 1.807) is 6.20 Å². The van der Waals surface area contributed by atoms with Gasteiger partial charge in [0.2, 0.25) is 0 Å². The molecular weight excluding hydrogens is 226 g/mol. The molecule has 18 heavy (non-hydrogen) atoms. The van der Waals surface area contributed by atoms with Crippen LogP contribution in [-0.2, 0) is 0 Å². The first-order valence-corrected chi connectivity index (χ1v) is 6.62. The molecule has 1 saturated heterocycles. The summed E-state index contributed by atoms with van der Waals surface area (Å²) in [5, 5.41) is 0. The SMILES string of the molecule is CN(C)c1ncccc1C(=O)N1CCCCCC1. The Balaban J connectivity index is 2.22. The van der Waals surface area contributed by atoms with Crippen molar-refractivity contribution in [1.82, 2.24) is 9.88 Å². The minimum atomic E-state index is 0.119. The zero-order valence-corrected chi connectivity index (χ0v) is 11.2. The second kappa shape index (κ2) is 5.85. The largest absolute Gasteiger partial charge is 0.362 e. The fraction of sp³-hybridized carbons (Fsp3) is 0.571. The van der Waals surface area contributed by atoms with Crippen molar-refractivity contribution in [2.75, 3.05) is 32.1 Å². The Kier molecular flexibility index (Phi) is 4.18. The molecule has 98 valence electrons. The summed E-state index contributed by atoms with van der Waals surface area (Å²) in [6.45, 7) is 1.75. The third-order valence-corrected chi connectivity index (χ3v) is 3.33. The number of hydrogen-bond acceptors (Lipinski definition) is 3. The van der Waals surface area contributed by atoms with Crippen molar-refractivity contribution in [2.24, 2.45) is 0 Å². The number of anilines is 1. The molecule has 4 heteroatoms. The van der Waals surface area contributed by atoms with E-state index in [9.17, 15) is 4.79 Å². The third kappa shape index (κ3) is 2.81. The molecular formula is C14H21N3O. The Morgan fingerprint density at radius 1 is 1.22 bits per heavy atom. The van der Waals surface area contributed by atoms with Gasteiger partial charge in [-0.25, -0.2) is 4.98 Å². The summed E-state index contributed by atoms with van der Waals surface area (Å²) in [4.78, 5) is 20.7. The number of hydrogen-bond donors (Lipinski definition) is 0. The molecule has 1 fully saturated rings.